The number of rotatable bonds is 9. The molecule has 3 rings (SSSR count). The lowest BCUT2D eigenvalue weighted by Gasteiger charge is -2.22. The number of nitrogens with zero attached hydrogens (tertiary/aromatic N) is 1. The quantitative estimate of drug-likeness (QED) is 0.500. The van der Waals surface area contributed by atoms with Crippen LogP contribution in [0, 0.1) is 11.6 Å². The topological polar surface area (TPSA) is 82.7 Å². The zero-order valence-corrected chi connectivity index (χ0v) is 18.0. The molecule has 3 N–H and O–H groups in total. The molecular formula is C23H28F2N4O3. The van der Waals surface area contributed by atoms with Crippen LogP contribution in [-0.2, 0) is 4.74 Å². The fourth-order valence-electron chi connectivity index (χ4n) is 3.51. The number of benzene rings is 2. The van der Waals surface area contributed by atoms with Gasteiger partial charge in [0.25, 0.3) is 5.91 Å². The van der Waals surface area contributed by atoms with Crippen molar-refractivity contribution in [1.29, 1.82) is 0 Å². The second-order valence-corrected chi connectivity index (χ2v) is 7.44. The molecule has 2 aromatic carbocycles. The third kappa shape index (κ3) is 6.40. The molecule has 1 fully saturated rings. The summed E-state index contributed by atoms with van der Waals surface area (Å²) >= 11 is 0. The van der Waals surface area contributed by atoms with Gasteiger partial charge in [-0.2, -0.15) is 0 Å². The number of nitrogens with one attached hydrogen (secondary N) is 3. The number of ether oxygens (including phenoxy) is 1. The molecule has 0 bridgehead atoms. The number of anilines is 3. The highest BCUT2D eigenvalue weighted by Gasteiger charge is 2.20. The Labute approximate surface area is 186 Å². The number of carbonyl (C=O) groups is 2. The van der Waals surface area contributed by atoms with E-state index in [0.717, 1.165) is 43.8 Å². The highest BCUT2D eigenvalue weighted by atomic mass is 19.2. The SMILES string of the molecule is CCOCCCNC(=O)c1cc(NC(=O)Nc2ccc(F)c(F)c2)ccc1N1CCCC1. The zero-order chi connectivity index (χ0) is 22.9. The Hall–Kier alpha value is -3.20. The summed E-state index contributed by atoms with van der Waals surface area (Å²) in [6.45, 7) is 5.34. The van der Waals surface area contributed by atoms with E-state index in [4.69, 9.17) is 4.74 Å². The molecule has 7 nitrogen and oxygen atoms in total. The average Bonchev–Trinajstić information content (AvgIpc) is 3.30. The lowest BCUT2D eigenvalue weighted by molar-refractivity contribution is 0.0944. The van der Waals surface area contributed by atoms with Crippen molar-refractivity contribution in [1.82, 2.24) is 5.32 Å². The molecule has 32 heavy (non-hydrogen) atoms. The van der Waals surface area contributed by atoms with Gasteiger partial charge in [0.15, 0.2) is 11.6 Å². The molecule has 1 saturated heterocycles. The molecule has 0 aliphatic carbocycles. The Kier molecular flexibility index (Phi) is 8.38. The normalized spacial score (nSPS) is 13.2. The number of carbonyl (C=O) groups excluding carboxylic acids is 2. The summed E-state index contributed by atoms with van der Waals surface area (Å²) in [4.78, 5) is 27.3. The van der Waals surface area contributed by atoms with E-state index in [1.165, 1.54) is 6.07 Å². The minimum absolute atomic E-state index is 0.113. The van der Waals surface area contributed by atoms with Crippen LogP contribution in [0.4, 0.5) is 30.6 Å². The molecule has 0 unspecified atom stereocenters. The second kappa shape index (κ2) is 11.4. The highest BCUT2D eigenvalue weighted by Crippen LogP contribution is 2.28. The van der Waals surface area contributed by atoms with E-state index in [1.54, 1.807) is 12.1 Å². The van der Waals surface area contributed by atoms with E-state index in [9.17, 15) is 18.4 Å². The summed E-state index contributed by atoms with van der Waals surface area (Å²) < 4.78 is 31.7. The van der Waals surface area contributed by atoms with Crippen molar-refractivity contribution in [3.8, 4) is 0 Å². The Morgan fingerprint density at radius 2 is 1.69 bits per heavy atom. The second-order valence-electron chi connectivity index (χ2n) is 7.44. The van der Waals surface area contributed by atoms with Gasteiger partial charge in [-0.3, -0.25) is 4.79 Å². The Morgan fingerprint density at radius 3 is 2.38 bits per heavy atom. The van der Waals surface area contributed by atoms with Crippen molar-refractivity contribution in [2.24, 2.45) is 0 Å². The van der Waals surface area contributed by atoms with Crippen LogP contribution < -0.4 is 20.9 Å². The monoisotopic (exact) mass is 446 g/mol. The van der Waals surface area contributed by atoms with Crippen molar-refractivity contribution < 1.29 is 23.1 Å². The van der Waals surface area contributed by atoms with Crippen molar-refractivity contribution in [2.45, 2.75) is 26.2 Å². The summed E-state index contributed by atoms with van der Waals surface area (Å²) in [5, 5.41) is 7.99. The fraction of sp³-hybridized carbons (Fsp3) is 0.391. The van der Waals surface area contributed by atoms with Crippen molar-refractivity contribution >= 4 is 29.0 Å². The van der Waals surface area contributed by atoms with Gasteiger partial charge in [0, 0.05) is 56.0 Å². The van der Waals surface area contributed by atoms with Crippen molar-refractivity contribution in [2.75, 3.05) is 48.4 Å². The van der Waals surface area contributed by atoms with Crippen LogP contribution >= 0.6 is 0 Å². The molecule has 2 aromatic rings. The van der Waals surface area contributed by atoms with Crippen LogP contribution in [0.5, 0.6) is 0 Å². The first kappa shape index (κ1) is 23.5. The molecule has 1 aliphatic rings. The van der Waals surface area contributed by atoms with Crippen LogP contribution in [0.1, 0.15) is 36.5 Å². The summed E-state index contributed by atoms with van der Waals surface area (Å²) in [6, 6.07) is 7.60. The first-order valence-electron chi connectivity index (χ1n) is 10.8. The minimum Gasteiger partial charge on any atom is -0.382 e. The summed E-state index contributed by atoms with van der Waals surface area (Å²) in [7, 11) is 0. The highest BCUT2D eigenvalue weighted by molar-refractivity contribution is 6.04. The molecule has 0 aromatic heterocycles. The van der Waals surface area contributed by atoms with E-state index in [-0.39, 0.29) is 11.6 Å². The molecule has 0 atom stereocenters. The summed E-state index contributed by atoms with van der Waals surface area (Å²) in [6.07, 6.45) is 2.82. The van der Waals surface area contributed by atoms with Crippen LogP contribution in [0.25, 0.3) is 0 Å². The smallest absolute Gasteiger partial charge is 0.323 e. The molecule has 3 amide bonds. The minimum atomic E-state index is -1.05. The van der Waals surface area contributed by atoms with Crippen molar-refractivity contribution in [3.05, 3.63) is 53.6 Å². The maximum absolute atomic E-state index is 13.4. The number of urea groups is 1. The number of halogens is 2. The predicted octanol–water partition coefficient (Wildman–Crippen LogP) is 4.37. The molecule has 172 valence electrons. The van der Waals surface area contributed by atoms with E-state index in [2.05, 4.69) is 20.9 Å². The van der Waals surface area contributed by atoms with E-state index < -0.39 is 17.7 Å². The molecular weight excluding hydrogens is 418 g/mol. The lowest BCUT2D eigenvalue weighted by Crippen LogP contribution is -2.29. The summed E-state index contributed by atoms with van der Waals surface area (Å²) in [5.74, 6) is -2.28. The average molecular weight is 446 g/mol. The van der Waals surface area contributed by atoms with Gasteiger partial charge >= 0.3 is 6.03 Å². The van der Waals surface area contributed by atoms with Gasteiger partial charge in [-0.25, -0.2) is 13.6 Å². The Balaban J connectivity index is 1.70. The van der Waals surface area contributed by atoms with Gasteiger partial charge in [-0.15, -0.1) is 0 Å². The number of hydrogen-bond acceptors (Lipinski definition) is 4. The van der Waals surface area contributed by atoms with E-state index in [0.29, 0.717) is 37.4 Å². The largest absolute Gasteiger partial charge is 0.382 e. The van der Waals surface area contributed by atoms with Gasteiger partial charge in [-0.1, -0.05) is 0 Å². The first-order chi connectivity index (χ1) is 15.5. The van der Waals surface area contributed by atoms with Crippen LogP contribution in [0.2, 0.25) is 0 Å². The summed E-state index contributed by atoms with van der Waals surface area (Å²) in [5.41, 5.74) is 1.81. The Bertz CT molecular complexity index is 949. The predicted molar refractivity (Wildman–Crippen MR) is 120 cm³/mol. The maximum atomic E-state index is 13.4. The van der Waals surface area contributed by atoms with Gasteiger partial charge in [0.1, 0.15) is 0 Å². The molecule has 1 heterocycles. The van der Waals surface area contributed by atoms with Gasteiger partial charge in [-0.05, 0) is 56.5 Å². The third-order valence-electron chi connectivity index (χ3n) is 5.08. The molecule has 0 radical (unpaired) electrons. The standard InChI is InChI=1S/C23H28F2N4O3/c1-2-32-13-5-10-26-22(30)18-14-16(7-9-21(18)29-11-3-4-12-29)27-23(31)28-17-6-8-19(24)20(25)15-17/h6-9,14-15H,2-5,10-13H2,1H3,(H,26,30)(H2,27,28,31). The van der Waals surface area contributed by atoms with Crippen LogP contribution in [0.3, 0.4) is 0 Å². The van der Waals surface area contributed by atoms with Crippen LogP contribution in [0.15, 0.2) is 36.4 Å². The first-order valence-corrected chi connectivity index (χ1v) is 10.8. The van der Waals surface area contributed by atoms with E-state index in [1.807, 2.05) is 13.0 Å². The molecule has 9 heteroatoms. The lowest BCUT2D eigenvalue weighted by atomic mass is 10.1. The number of hydrogen-bond donors (Lipinski definition) is 3. The Morgan fingerprint density at radius 1 is 1.00 bits per heavy atom. The molecule has 0 spiro atoms. The van der Waals surface area contributed by atoms with Crippen molar-refractivity contribution in [3.63, 3.8) is 0 Å². The third-order valence-corrected chi connectivity index (χ3v) is 5.08. The zero-order valence-electron chi connectivity index (χ0n) is 18.0. The van der Waals surface area contributed by atoms with Gasteiger partial charge in [0.05, 0.1) is 5.56 Å². The van der Waals surface area contributed by atoms with Gasteiger partial charge in [0.2, 0.25) is 0 Å². The maximum Gasteiger partial charge on any atom is 0.323 e. The fourth-order valence-corrected chi connectivity index (χ4v) is 3.51. The molecule has 0 saturated carbocycles. The molecule has 1 aliphatic heterocycles. The van der Waals surface area contributed by atoms with E-state index >= 15 is 0 Å². The number of amides is 3. The van der Waals surface area contributed by atoms with Crippen LogP contribution in [-0.4, -0.2) is 44.8 Å². The van der Waals surface area contributed by atoms with Gasteiger partial charge < -0.3 is 25.6 Å².